The second-order valence-electron chi connectivity index (χ2n) is 8.50. The molecule has 1 heterocycles. The van der Waals surface area contributed by atoms with E-state index in [9.17, 15) is 0 Å². The fourth-order valence-electron chi connectivity index (χ4n) is 5.60. The van der Waals surface area contributed by atoms with Crippen molar-refractivity contribution in [1.82, 2.24) is 10.2 Å². The summed E-state index contributed by atoms with van der Waals surface area (Å²) < 4.78 is 0. The maximum Gasteiger partial charge on any atom is 0.0309 e. The maximum atomic E-state index is 3.91. The lowest BCUT2D eigenvalue weighted by molar-refractivity contribution is 0.0506. The van der Waals surface area contributed by atoms with Gasteiger partial charge in [-0.2, -0.15) is 0 Å². The molecule has 0 aromatic rings. The standard InChI is InChI=1S/C18H32N2/c1-3-17-10-19-18(2,16-6-7-16)12-20(17)11-15-9-13-4-5-14(15)8-13/h13-17,19H,3-12H2,1-2H3. The first-order chi connectivity index (χ1) is 9.68. The maximum absolute atomic E-state index is 3.91. The van der Waals surface area contributed by atoms with Gasteiger partial charge in [-0.3, -0.25) is 4.90 Å². The van der Waals surface area contributed by atoms with E-state index in [0.717, 1.165) is 29.7 Å². The van der Waals surface area contributed by atoms with E-state index in [1.54, 1.807) is 19.3 Å². The zero-order chi connectivity index (χ0) is 13.7. The molecule has 4 fully saturated rings. The summed E-state index contributed by atoms with van der Waals surface area (Å²) in [7, 11) is 0. The topological polar surface area (TPSA) is 15.3 Å². The molecule has 4 rings (SSSR count). The van der Waals surface area contributed by atoms with Gasteiger partial charge in [0.1, 0.15) is 0 Å². The van der Waals surface area contributed by atoms with Crippen LogP contribution in [0.4, 0.5) is 0 Å². The van der Waals surface area contributed by atoms with Crippen molar-refractivity contribution >= 4 is 0 Å². The fraction of sp³-hybridized carbons (Fsp3) is 1.00. The summed E-state index contributed by atoms with van der Waals surface area (Å²) in [4.78, 5) is 2.89. The number of hydrogen-bond acceptors (Lipinski definition) is 2. The molecule has 2 nitrogen and oxygen atoms in total. The minimum Gasteiger partial charge on any atom is -0.308 e. The smallest absolute Gasteiger partial charge is 0.0309 e. The van der Waals surface area contributed by atoms with Gasteiger partial charge in [0.05, 0.1) is 0 Å². The molecule has 5 atom stereocenters. The normalized spacial score (nSPS) is 48.9. The lowest BCUT2D eigenvalue weighted by Crippen LogP contribution is -2.64. The van der Waals surface area contributed by atoms with Crippen LogP contribution < -0.4 is 5.32 Å². The summed E-state index contributed by atoms with van der Waals surface area (Å²) in [6.07, 6.45) is 10.4. The van der Waals surface area contributed by atoms with Crippen LogP contribution in [0.5, 0.6) is 0 Å². The molecule has 3 aliphatic carbocycles. The predicted octanol–water partition coefficient (Wildman–Crippen LogP) is 3.28. The summed E-state index contributed by atoms with van der Waals surface area (Å²) in [6, 6.07) is 0.793. The van der Waals surface area contributed by atoms with Crippen LogP contribution in [-0.2, 0) is 0 Å². The summed E-state index contributed by atoms with van der Waals surface area (Å²) in [5.41, 5.74) is 0.420. The van der Waals surface area contributed by atoms with Crippen LogP contribution in [0.25, 0.3) is 0 Å². The number of nitrogens with zero attached hydrogens (tertiary/aromatic N) is 1. The lowest BCUT2D eigenvalue weighted by atomic mass is 9.85. The molecule has 2 heteroatoms. The monoisotopic (exact) mass is 276 g/mol. The number of nitrogens with one attached hydrogen (secondary N) is 1. The highest BCUT2D eigenvalue weighted by atomic mass is 15.3. The first-order valence-corrected chi connectivity index (χ1v) is 9.17. The van der Waals surface area contributed by atoms with E-state index < -0.39 is 0 Å². The van der Waals surface area contributed by atoms with Crippen LogP contribution in [0.1, 0.15) is 58.8 Å². The molecule has 114 valence electrons. The molecule has 1 N–H and O–H groups in total. The van der Waals surface area contributed by atoms with Gasteiger partial charge in [0.2, 0.25) is 0 Å². The van der Waals surface area contributed by atoms with Gasteiger partial charge in [0.25, 0.3) is 0 Å². The minimum absolute atomic E-state index is 0.420. The van der Waals surface area contributed by atoms with Crippen LogP contribution in [0, 0.1) is 23.7 Å². The van der Waals surface area contributed by atoms with Gasteiger partial charge < -0.3 is 5.32 Å². The van der Waals surface area contributed by atoms with Crippen molar-refractivity contribution in [2.45, 2.75) is 70.4 Å². The minimum atomic E-state index is 0.420. The molecular formula is C18H32N2. The molecule has 0 aromatic carbocycles. The van der Waals surface area contributed by atoms with Crippen LogP contribution in [0.3, 0.4) is 0 Å². The van der Waals surface area contributed by atoms with E-state index in [0.29, 0.717) is 5.54 Å². The highest BCUT2D eigenvalue weighted by molar-refractivity contribution is 5.04. The Bertz CT molecular complexity index is 364. The Labute approximate surface area is 124 Å². The van der Waals surface area contributed by atoms with Crippen molar-refractivity contribution < 1.29 is 0 Å². The zero-order valence-corrected chi connectivity index (χ0v) is 13.4. The third-order valence-corrected chi connectivity index (χ3v) is 7.09. The van der Waals surface area contributed by atoms with Gasteiger partial charge in [-0.1, -0.05) is 13.3 Å². The molecular weight excluding hydrogens is 244 g/mol. The van der Waals surface area contributed by atoms with Crippen molar-refractivity contribution in [2.75, 3.05) is 19.6 Å². The summed E-state index contributed by atoms with van der Waals surface area (Å²) in [5, 5.41) is 3.91. The predicted molar refractivity (Wildman–Crippen MR) is 83.7 cm³/mol. The molecule has 0 spiro atoms. The third-order valence-electron chi connectivity index (χ3n) is 7.09. The summed E-state index contributed by atoms with van der Waals surface area (Å²) >= 11 is 0. The molecule has 1 aliphatic heterocycles. The van der Waals surface area contributed by atoms with E-state index in [4.69, 9.17) is 0 Å². The fourth-order valence-corrected chi connectivity index (χ4v) is 5.60. The Kier molecular flexibility index (Phi) is 3.38. The molecule has 2 bridgehead atoms. The first kappa shape index (κ1) is 13.6. The van der Waals surface area contributed by atoms with Crippen molar-refractivity contribution in [3.05, 3.63) is 0 Å². The zero-order valence-electron chi connectivity index (χ0n) is 13.4. The Morgan fingerprint density at radius 3 is 2.60 bits per heavy atom. The number of hydrogen-bond donors (Lipinski definition) is 1. The number of piperazine rings is 1. The van der Waals surface area contributed by atoms with Gasteiger partial charge >= 0.3 is 0 Å². The second kappa shape index (κ2) is 4.98. The molecule has 3 saturated carbocycles. The quantitative estimate of drug-likeness (QED) is 0.848. The van der Waals surface area contributed by atoms with Crippen molar-refractivity contribution in [2.24, 2.45) is 23.7 Å². The average Bonchev–Trinajstić information content (AvgIpc) is 3.12. The highest BCUT2D eigenvalue weighted by Gasteiger charge is 2.47. The SMILES string of the molecule is CCC1CNC(C)(C2CC2)CN1CC1CC2CCC1C2. The van der Waals surface area contributed by atoms with Crippen molar-refractivity contribution in [3.8, 4) is 0 Å². The van der Waals surface area contributed by atoms with Crippen LogP contribution in [0.15, 0.2) is 0 Å². The first-order valence-electron chi connectivity index (χ1n) is 9.17. The largest absolute Gasteiger partial charge is 0.308 e. The molecule has 5 unspecified atom stereocenters. The molecule has 1 saturated heterocycles. The molecule has 20 heavy (non-hydrogen) atoms. The Morgan fingerprint density at radius 1 is 1.15 bits per heavy atom. The number of rotatable bonds is 4. The van der Waals surface area contributed by atoms with Gasteiger partial charge in [-0.25, -0.2) is 0 Å². The van der Waals surface area contributed by atoms with Crippen LogP contribution in [0.2, 0.25) is 0 Å². The van der Waals surface area contributed by atoms with Crippen molar-refractivity contribution in [1.29, 1.82) is 0 Å². The molecule has 4 aliphatic rings. The highest BCUT2D eigenvalue weighted by Crippen LogP contribution is 2.49. The van der Waals surface area contributed by atoms with Gasteiger partial charge in [-0.15, -0.1) is 0 Å². The summed E-state index contributed by atoms with van der Waals surface area (Å²) in [6.45, 7) is 8.81. The third kappa shape index (κ3) is 2.33. The van der Waals surface area contributed by atoms with Crippen molar-refractivity contribution in [3.63, 3.8) is 0 Å². The van der Waals surface area contributed by atoms with Gasteiger partial charge in [-0.05, 0) is 69.1 Å². The second-order valence-corrected chi connectivity index (χ2v) is 8.50. The van der Waals surface area contributed by atoms with E-state index >= 15 is 0 Å². The average molecular weight is 276 g/mol. The van der Waals surface area contributed by atoms with E-state index in [1.165, 1.54) is 45.3 Å². The van der Waals surface area contributed by atoms with Gasteiger partial charge in [0, 0.05) is 31.2 Å². The van der Waals surface area contributed by atoms with E-state index in [-0.39, 0.29) is 0 Å². The Balaban J connectivity index is 1.43. The van der Waals surface area contributed by atoms with Crippen LogP contribution >= 0.6 is 0 Å². The lowest BCUT2D eigenvalue weighted by Gasteiger charge is -2.48. The summed E-state index contributed by atoms with van der Waals surface area (Å²) in [5.74, 6) is 4.18. The van der Waals surface area contributed by atoms with E-state index in [2.05, 4.69) is 24.1 Å². The molecule has 0 amide bonds. The van der Waals surface area contributed by atoms with E-state index in [1.807, 2.05) is 0 Å². The number of fused-ring (bicyclic) bond motifs is 2. The molecule has 0 radical (unpaired) electrons. The van der Waals surface area contributed by atoms with Gasteiger partial charge in [0.15, 0.2) is 0 Å². The Morgan fingerprint density at radius 2 is 2.00 bits per heavy atom. The van der Waals surface area contributed by atoms with Crippen LogP contribution in [-0.4, -0.2) is 36.1 Å². The molecule has 0 aromatic heterocycles. The Hall–Kier alpha value is -0.0800.